The van der Waals surface area contributed by atoms with Gasteiger partial charge in [-0.1, -0.05) is 55.7 Å². The molecule has 1 heterocycles. The Balaban J connectivity index is 1.84. The fourth-order valence-electron chi connectivity index (χ4n) is 4.89. The summed E-state index contributed by atoms with van der Waals surface area (Å²) in [7, 11) is 0. The zero-order valence-electron chi connectivity index (χ0n) is 20.4. The number of aromatic nitrogens is 1. The van der Waals surface area contributed by atoms with Crippen LogP contribution in [-0.2, 0) is 4.79 Å². The molecule has 178 valence electrons. The molecule has 0 spiro atoms. The van der Waals surface area contributed by atoms with Crippen LogP contribution in [0.1, 0.15) is 75.2 Å². The van der Waals surface area contributed by atoms with Gasteiger partial charge in [-0.3, -0.25) is 14.5 Å². The van der Waals surface area contributed by atoms with Crippen LogP contribution in [0.2, 0.25) is 0 Å². The lowest BCUT2D eigenvalue weighted by Crippen LogP contribution is -2.47. The Labute approximate surface area is 206 Å². The topological polar surface area (TPSA) is 62.3 Å². The van der Waals surface area contributed by atoms with E-state index >= 15 is 0 Å². The highest BCUT2D eigenvalue weighted by atomic mass is 32.1. The predicted molar refractivity (Wildman–Crippen MR) is 139 cm³/mol. The van der Waals surface area contributed by atoms with Crippen molar-refractivity contribution in [2.24, 2.45) is 0 Å². The van der Waals surface area contributed by atoms with Crippen molar-refractivity contribution in [3.8, 4) is 0 Å². The van der Waals surface area contributed by atoms with Gasteiger partial charge in [0.2, 0.25) is 5.91 Å². The van der Waals surface area contributed by atoms with Crippen LogP contribution in [0.5, 0.6) is 0 Å². The van der Waals surface area contributed by atoms with Crippen LogP contribution >= 0.6 is 11.3 Å². The minimum absolute atomic E-state index is 0.135. The molecule has 5 nitrogen and oxygen atoms in total. The first-order valence-corrected chi connectivity index (χ1v) is 12.9. The van der Waals surface area contributed by atoms with E-state index in [-0.39, 0.29) is 17.9 Å². The maximum absolute atomic E-state index is 14.1. The monoisotopic (exact) mass is 475 g/mol. The summed E-state index contributed by atoms with van der Waals surface area (Å²) in [4.78, 5) is 34.8. The Morgan fingerprint density at radius 2 is 1.62 bits per heavy atom. The number of hydrogen-bond donors (Lipinski definition) is 1. The van der Waals surface area contributed by atoms with Crippen molar-refractivity contribution in [3.05, 3.63) is 80.8 Å². The van der Waals surface area contributed by atoms with Gasteiger partial charge in [-0.25, -0.2) is 4.98 Å². The number of rotatable bonds is 6. The molecular formula is C28H33N3O2S. The summed E-state index contributed by atoms with van der Waals surface area (Å²) in [5, 5.41) is 4.12. The Bertz CT molecular complexity index is 1150. The molecule has 1 aromatic heterocycles. The zero-order chi connectivity index (χ0) is 24.2. The molecule has 0 aliphatic heterocycles. The number of thiazole rings is 1. The van der Waals surface area contributed by atoms with Crippen molar-refractivity contribution >= 4 is 28.8 Å². The third-order valence-corrected chi connectivity index (χ3v) is 7.44. The molecular weight excluding hydrogens is 442 g/mol. The molecule has 1 atom stereocenters. The van der Waals surface area contributed by atoms with E-state index in [1.807, 2.05) is 70.2 Å². The molecule has 1 aliphatic carbocycles. The molecule has 0 unspecified atom stereocenters. The van der Waals surface area contributed by atoms with Gasteiger partial charge in [-0.15, -0.1) is 11.3 Å². The van der Waals surface area contributed by atoms with Crippen LogP contribution in [0.3, 0.4) is 0 Å². The number of carbonyl (C=O) groups excluding carboxylic acids is 2. The maximum Gasteiger partial charge on any atom is 0.271 e. The van der Waals surface area contributed by atoms with Crippen LogP contribution in [0, 0.1) is 27.7 Å². The SMILES string of the molecule is Cc1cc(C)cc(N(C(=O)c2sc(C)nc2C)[C@@H](C(=O)NC2CCCCC2)c2ccccc2)c1. The molecule has 1 aliphatic rings. The van der Waals surface area contributed by atoms with E-state index in [1.165, 1.54) is 17.8 Å². The molecule has 6 heteroatoms. The fraction of sp³-hybridized carbons (Fsp3) is 0.393. The molecule has 2 amide bonds. The van der Waals surface area contributed by atoms with E-state index in [2.05, 4.69) is 16.4 Å². The second kappa shape index (κ2) is 10.5. The van der Waals surface area contributed by atoms with Crippen LogP contribution < -0.4 is 10.2 Å². The van der Waals surface area contributed by atoms with Gasteiger partial charge < -0.3 is 5.32 Å². The Morgan fingerprint density at radius 1 is 0.971 bits per heavy atom. The van der Waals surface area contributed by atoms with Gasteiger partial charge in [0.15, 0.2) is 0 Å². The smallest absolute Gasteiger partial charge is 0.271 e. The summed E-state index contributed by atoms with van der Waals surface area (Å²) < 4.78 is 0. The minimum Gasteiger partial charge on any atom is -0.351 e. The summed E-state index contributed by atoms with van der Waals surface area (Å²) in [6, 6.07) is 15.0. The lowest BCUT2D eigenvalue weighted by Gasteiger charge is -2.33. The highest BCUT2D eigenvalue weighted by molar-refractivity contribution is 7.13. The van der Waals surface area contributed by atoms with E-state index in [1.54, 1.807) is 4.90 Å². The highest BCUT2D eigenvalue weighted by Gasteiger charge is 2.36. The molecule has 1 saturated carbocycles. The lowest BCUT2D eigenvalue weighted by atomic mass is 9.94. The van der Waals surface area contributed by atoms with Crippen molar-refractivity contribution in [2.75, 3.05) is 4.90 Å². The summed E-state index contributed by atoms with van der Waals surface area (Å²) in [6.07, 6.45) is 5.43. The number of benzene rings is 2. The van der Waals surface area contributed by atoms with Gasteiger partial charge in [0.25, 0.3) is 5.91 Å². The van der Waals surface area contributed by atoms with Gasteiger partial charge in [0.05, 0.1) is 10.7 Å². The van der Waals surface area contributed by atoms with Crippen molar-refractivity contribution in [3.63, 3.8) is 0 Å². The first-order chi connectivity index (χ1) is 16.3. The van der Waals surface area contributed by atoms with Crippen molar-refractivity contribution in [1.29, 1.82) is 0 Å². The van der Waals surface area contributed by atoms with Crippen molar-refractivity contribution < 1.29 is 9.59 Å². The quantitative estimate of drug-likeness (QED) is 0.461. The summed E-state index contributed by atoms with van der Waals surface area (Å²) in [5.74, 6) is -0.328. The first-order valence-electron chi connectivity index (χ1n) is 12.0. The highest BCUT2D eigenvalue weighted by Crippen LogP contribution is 2.33. The third-order valence-electron chi connectivity index (χ3n) is 6.37. The van der Waals surface area contributed by atoms with E-state index in [0.717, 1.165) is 53.1 Å². The van der Waals surface area contributed by atoms with Crippen LogP contribution in [-0.4, -0.2) is 22.8 Å². The molecule has 1 N–H and O–H groups in total. The van der Waals surface area contributed by atoms with Gasteiger partial charge in [0.1, 0.15) is 10.9 Å². The number of nitrogens with zero attached hydrogens (tertiary/aromatic N) is 2. The summed E-state index contributed by atoms with van der Waals surface area (Å²) in [5.41, 5.74) is 4.30. The van der Waals surface area contributed by atoms with Crippen molar-refractivity contribution in [2.45, 2.75) is 71.9 Å². The van der Waals surface area contributed by atoms with Crippen LogP contribution in [0.15, 0.2) is 48.5 Å². The average Bonchev–Trinajstić information content (AvgIpc) is 3.15. The Morgan fingerprint density at radius 3 is 2.21 bits per heavy atom. The zero-order valence-corrected chi connectivity index (χ0v) is 21.2. The standard InChI is InChI=1S/C28H33N3O2S/c1-18-15-19(2)17-24(16-18)31(28(33)26-20(3)29-21(4)34-26)25(22-11-7-5-8-12-22)27(32)30-23-13-9-6-10-14-23/h5,7-8,11-12,15-17,23,25H,6,9-10,13-14H2,1-4H3,(H,30,32)/t25-/m1/s1. The molecule has 4 rings (SSSR count). The number of aryl methyl sites for hydroxylation is 4. The minimum atomic E-state index is -0.779. The van der Waals surface area contributed by atoms with Gasteiger partial charge in [0, 0.05) is 11.7 Å². The molecule has 0 saturated heterocycles. The fourth-order valence-corrected chi connectivity index (χ4v) is 5.75. The summed E-state index contributed by atoms with van der Waals surface area (Å²) in [6.45, 7) is 7.79. The largest absolute Gasteiger partial charge is 0.351 e. The van der Waals surface area contributed by atoms with E-state index < -0.39 is 6.04 Å². The maximum atomic E-state index is 14.1. The van der Waals surface area contributed by atoms with Crippen LogP contribution in [0.25, 0.3) is 0 Å². The third kappa shape index (κ3) is 5.39. The van der Waals surface area contributed by atoms with Crippen LogP contribution in [0.4, 0.5) is 5.69 Å². The van der Waals surface area contributed by atoms with E-state index in [4.69, 9.17) is 0 Å². The number of hydrogen-bond acceptors (Lipinski definition) is 4. The molecule has 34 heavy (non-hydrogen) atoms. The lowest BCUT2D eigenvalue weighted by molar-refractivity contribution is -0.123. The van der Waals surface area contributed by atoms with Gasteiger partial charge in [-0.05, 0) is 69.4 Å². The Hall–Kier alpha value is -2.99. The van der Waals surface area contributed by atoms with Gasteiger partial charge in [-0.2, -0.15) is 0 Å². The second-order valence-electron chi connectivity index (χ2n) is 9.33. The normalized spacial score (nSPS) is 15.1. The number of nitrogens with one attached hydrogen (secondary N) is 1. The average molecular weight is 476 g/mol. The Kier molecular flexibility index (Phi) is 7.47. The first kappa shape index (κ1) is 24.1. The second-order valence-corrected chi connectivity index (χ2v) is 10.5. The number of anilines is 1. The van der Waals surface area contributed by atoms with Gasteiger partial charge >= 0.3 is 0 Å². The molecule has 2 aromatic carbocycles. The molecule has 0 bridgehead atoms. The predicted octanol–water partition coefficient (Wildman–Crippen LogP) is 6.21. The number of amides is 2. The van der Waals surface area contributed by atoms with Crippen molar-refractivity contribution in [1.82, 2.24) is 10.3 Å². The van der Waals surface area contributed by atoms with E-state index in [9.17, 15) is 9.59 Å². The number of carbonyl (C=O) groups is 2. The summed E-state index contributed by atoms with van der Waals surface area (Å²) >= 11 is 1.38. The molecule has 3 aromatic rings. The molecule has 0 radical (unpaired) electrons. The molecule has 1 fully saturated rings. The van der Waals surface area contributed by atoms with E-state index in [0.29, 0.717) is 10.6 Å².